The number of anilines is 1. The van der Waals surface area contributed by atoms with Gasteiger partial charge in [0.15, 0.2) is 12.0 Å². The lowest BCUT2D eigenvalue weighted by Gasteiger charge is -2.18. The maximum Gasteiger partial charge on any atom is 0.345 e. The summed E-state index contributed by atoms with van der Waals surface area (Å²) >= 11 is 5.87. The number of nitrogens with zero attached hydrogens (tertiary/aromatic N) is 4. The number of aromatic nitrogens is 3. The van der Waals surface area contributed by atoms with Crippen molar-refractivity contribution in [3.05, 3.63) is 76.4 Å². The molecule has 4 rings (SSSR count). The fraction of sp³-hybridized carbons (Fsp3) is 0.238. The minimum atomic E-state index is -2.95. The minimum Gasteiger partial charge on any atom is -0.618 e. The van der Waals surface area contributed by atoms with E-state index in [2.05, 4.69) is 20.8 Å². The van der Waals surface area contributed by atoms with Gasteiger partial charge < -0.3 is 21.1 Å². The number of pyridine rings is 1. The molecule has 0 radical (unpaired) electrons. The van der Waals surface area contributed by atoms with Crippen molar-refractivity contribution in [3.63, 3.8) is 0 Å². The highest BCUT2D eigenvalue weighted by atomic mass is 35.5. The summed E-state index contributed by atoms with van der Waals surface area (Å²) in [5.41, 5.74) is 13.7. The fourth-order valence-corrected chi connectivity index (χ4v) is 3.87. The average Bonchev–Trinajstić information content (AvgIpc) is 3.43. The molecule has 9 nitrogen and oxygen atoms in total. The Balaban J connectivity index is 1.70. The van der Waals surface area contributed by atoms with Crippen molar-refractivity contribution in [1.29, 1.82) is 0 Å². The van der Waals surface area contributed by atoms with E-state index in [1.54, 1.807) is 30.7 Å². The van der Waals surface area contributed by atoms with Gasteiger partial charge in [-0.15, -0.1) is 5.53 Å². The molecule has 0 amide bonds. The molecule has 13 heteroatoms. The van der Waals surface area contributed by atoms with Gasteiger partial charge in [-0.2, -0.15) is 18.6 Å². The van der Waals surface area contributed by atoms with E-state index >= 15 is 0 Å². The zero-order valence-corrected chi connectivity index (χ0v) is 18.6. The quantitative estimate of drug-likeness (QED) is 0.250. The highest BCUT2D eigenvalue weighted by molar-refractivity contribution is 6.31. The van der Waals surface area contributed by atoms with E-state index < -0.39 is 18.5 Å². The van der Waals surface area contributed by atoms with Crippen molar-refractivity contribution in [1.82, 2.24) is 25.7 Å². The lowest BCUT2D eigenvalue weighted by molar-refractivity contribution is -0.615. The smallest absolute Gasteiger partial charge is 0.345 e. The van der Waals surface area contributed by atoms with Crippen LogP contribution in [0.25, 0.3) is 16.8 Å². The van der Waals surface area contributed by atoms with Gasteiger partial charge in [-0.05, 0) is 18.2 Å². The van der Waals surface area contributed by atoms with Gasteiger partial charge in [-0.1, -0.05) is 11.6 Å². The van der Waals surface area contributed by atoms with E-state index in [4.69, 9.17) is 17.3 Å². The summed E-state index contributed by atoms with van der Waals surface area (Å²) in [5.74, 6) is -0.746. The fourth-order valence-electron chi connectivity index (χ4n) is 3.71. The van der Waals surface area contributed by atoms with Gasteiger partial charge >= 0.3 is 6.61 Å². The summed E-state index contributed by atoms with van der Waals surface area (Å²) in [6, 6.07) is 5.01. The van der Waals surface area contributed by atoms with Crippen molar-refractivity contribution in [2.24, 2.45) is 0 Å². The Hall–Kier alpha value is -3.48. The van der Waals surface area contributed by atoms with Crippen LogP contribution in [0, 0.1) is 11.0 Å². The van der Waals surface area contributed by atoms with Crippen LogP contribution in [-0.2, 0) is 4.74 Å². The summed E-state index contributed by atoms with van der Waals surface area (Å²) in [6.45, 7) is -3.26. The van der Waals surface area contributed by atoms with Crippen LogP contribution < -0.4 is 21.4 Å². The zero-order valence-electron chi connectivity index (χ0n) is 17.9. The standard InChI is InChI=1S/C21H21ClF3N7O2/c1-30-18(9-27-29-30)13-8-28-31(10-13)16(6-7-34-21(24)25)17-5-2-12(11-32(17)33)19-15(26)4-3-14(22)20(19)23/h2-5,8-11,16,21,27,29H,6-7,26H2,1H3/t16-/m0/s1. The van der Waals surface area contributed by atoms with Gasteiger partial charge in [0, 0.05) is 48.7 Å². The van der Waals surface area contributed by atoms with Gasteiger partial charge in [-0.3, -0.25) is 9.69 Å². The molecule has 0 saturated carbocycles. The van der Waals surface area contributed by atoms with E-state index in [0.717, 1.165) is 17.5 Å². The number of hydrogen-bond donors (Lipinski definition) is 3. The molecular formula is C21H21ClF3N7O2. The Morgan fingerprint density at radius 3 is 2.74 bits per heavy atom. The van der Waals surface area contributed by atoms with Gasteiger partial charge in [-0.25, -0.2) is 4.39 Å². The Bertz CT molecular complexity index is 1220. The molecule has 3 aromatic rings. The molecule has 2 aromatic heterocycles. The van der Waals surface area contributed by atoms with Crippen LogP contribution >= 0.6 is 11.6 Å². The second-order valence-corrected chi connectivity index (χ2v) is 7.89. The van der Waals surface area contributed by atoms with Crippen molar-refractivity contribution >= 4 is 23.0 Å². The summed E-state index contributed by atoms with van der Waals surface area (Å²) in [6.07, 6.45) is 6.19. The number of alkyl halides is 2. The van der Waals surface area contributed by atoms with Gasteiger partial charge in [0.25, 0.3) is 0 Å². The number of nitrogens with one attached hydrogen (secondary N) is 2. The third-order valence-electron chi connectivity index (χ3n) is 5.36. The number of benzene rings is 1. The molecule has 0 bridgehead atoms. The number of halogens is 4. The number of hydrogen-bond acceptors (Lipinski definition) is 7. The van der Waals surface area contributed by atoms with Crippen LogP contribution in [0.2, 0.25) is 5.02 Å². The normalized spacial score (nSPS) is 14.4. The zero-order chi connectivity index (χ0) is 24.4. The monoisotopic (exact) mass is 495 g/mol. The molecule has 1 atom stereocenters. The van der Waals surface area contributed by atoms with E-state index in [1.807, 2.05) is 0 Å². The highest BCUT2D eigenvalue weighted by Gasteiger charge is 2.26. The maximum atomic E-state index is 14.6. The van der Waals surface area contributed by atoms with E-state index in [9.17, 15) is 18.4 Å². The number of hydrazine groups is 2. The highest BCUT2D eigenvalue weighted by Crippen LogP contribution is 2.33. The summed E-state index contributed by atoms with van der Waals surface area (Å²) in [4.78, 5) is 0. The molecule has 3 heterocycles. The lowest BCUT2D eigenvalue weighted by Crippen LogP contribution is -2.36. The number of nitrogens with two attached hydrogens (primary N) is 1. The van der Waals surface area contributed by atoms with Crippen molar-refractivity contribution < 1.29 is 22.6 Å². The van der Waals surface area contributed by atoms with Crippen LogP contribution in [0.1, 0.15) is 23.7 Å². The third-order valence-corrected chi connectivity index (χ3v) is 5.65. The summed E-state index contributed by atoms with van der Waals surface area (Å²) in [7, 11) is 1.79. The van der Waals surface area contributed by atoms with Crippen LogP contribution in [-0.4, -0.2) is 35.1 Å². The van der Waals surface area contributed by atoms with Gasteiger partial charge in [0.1, 0.15) is 6.04 Å². The molecule has 0 spiro atoms. The first kappa shape index (κ1) is 23.7. The molecule has 1 aliphatic heterocycles. The predicted molar refractivity (Wildman–Crippen MR) is 119 cm³/mol. The SMILES string of the molecule is CN1NNC=C1c1cnn([C@@H](CCOC(F)F)c2ccc(-c3c(N)ccc(Cl)c3F)c[n+]2[O-])c1. The first-order chi connectivity index (χ1) is 16.3. The lowest BCUT2D eigenvalue weighted by atomic mass is 10.0. The largest absolute Gasteiger partial charge is 0.618 e. The first-order valence-corrected chi connectivity index (χ1v) is 10.5. The average molecular weight is 496 g/mol. The van der Waals surface area contributed by atoms with Crippen LogP contribution in [0.5, 0.6) is 0 Å². The second kappa shape index (κ2) is 9.79. The molecule has 0 aliphatic carbocycles. The van der Waals surface area contributed by atoms with Crippen molar-refractivity contribution in [2.45, 2.75) is 19.1 Å². The van der Waals surface area contributed by atoms with E-state index in [0.29, 0.717) is 4.73 Å². The maximum absolute atomic E-state index is 14.6. The van der Waals surface area contributed by atoms with Crippen LogP contribution in [0.3, 0.4) is 0 Å². The number of rotatable bonds is 8. The molecule has 180 valence electrons. The molecule has 0 unspecified atom stereocenters. The van der Waals surface area contributed by atoms with Crippen molar-refractivity contribution in [3.8, 4) is 11.1 Å². The molecule has 1 aromatic carbocycles. The minimum absolute atomic E-state index is 0.00110. The molecular weight excluding hydrogens is 475 g/mol. The number of nitrogen functional groups attached to an aromatic ring is 1. The van der Waals surface area contributed by atoms with Gasteiger partial charge in [0.05, 0.1) is 29.1 Å². The molecule has 0 fully saturated rings. The topological polar surface area (TPSA) is 107 Å². The van der Waals surface area contributed by atoms with E-state index in [1.165, 1.54) is 28.9 Å². The molecule has 1 aliphatic rings. The van der Waals surface area contributed by atoms with Gasteiger partial charge in [0.2, 0.25) is 5.69 Å². The molecule has 34 heavy (non-hydrogen) atoms. The number of ether oxygens (including phenoxy) is 1. The second-order valence-electron chi connectivity index (χ2n) is 7.48. The molecule has 0 saturated heterocycles. The Morgan fingerprint density at radius 1 is 1.26 bits per heavy atom. The van der Waals surface area contributed by atoms with Crippen LogP contribution in [0.4, 0.5) is 18.9 Å². The van der Waals surface area contributed by atoms with E-state index in [-0.39, 0.29) is 40.6 Å². The Kier molecular flexibility index (Phi) is 6.82. The summed E-state index contributed by atoms with van der Waals surface area (Å²) in [5, 5.41) is 18.9. The molecule has 4 N–H and O–H groups in total. The summed E-state index contributed by atoms with van der Waals surface area (Å²) < 4.78 is 46.2. The predicted octanol–water partition coefficient (Wildman–Crippen LogP) is 3.03. The Labute approximate surface area is 197 Å². The van der Waals surface area contributed by atoms with Crippen LogP contribution in [0.15, 0.2) is 49.1 Å². The third kappa shape index (κ3) is 4.74. The first-order valence-electron chi connectivity index (χ1n) is 10.1. The van der Waals surface area contributed by atoms with Crippen molar-refractivity contribution in [2.75, 3.05) is 19.4 Å². The Morgan fingerprint density at radius 2 is 2.06 bits per heavy atom.